The number of amides is 2. The molecule has 0 saturated carbocycles. The Morgan fingerprint density at radius 2 is 2.11 bits per heavy atom. The van der Waals surface area contributed by atoms with Crippen LogP contribution in [0.4, 0.5) is 4.79 Å². The smallest absolute Gasteiger partial charge is 0.315 e. The van der Waals surface area contributed by atoms with Crippen LogP contribution >= 0.6 is 0 Å². The molecule has 19 heavy (non-hydrogen) atoms. The molecule has 0 aromatic carbocycles. The van der Waals surface area contributed by atoms with Crippen LogP contribution in [-0.4, -0.2) is 53.2 Å². The van der Waals surface area contributed by atoms with Gasteiger partial charge in [0.15, 0.2) is 0 Å². The Hall–Kier alpha value is -1.30. The Bertz CT molecular complexity index is 331. The van der Waals surface area contributed by atoms with Gasteiger partial charge in [-0.15, -0.1) is 0 Å². The van der Waals surface area contributed by atoms with E-state index in [0.717, 1.165) is 32.5 Å². The average Bonchev–Trinajstić information content (AvgIpc) is 2.26. The second kappa shape index (κ2) is 6.75. The van der Waals surface area contributed by atoms with Crippen molar-refractivity contribution in [2.45, 2.75) is 51.6 Å². The highest BCUT2D eigenvalue weighted by Gasteiger charge is 2.26. The Morgan fingerprint density at radius 3 is 2.68 bits per heavy atom. The summed E-state index contributed by atoms with van der Waals surface area (Å²) in [4.78, 5) is 24.9. The van der Waals surface area contributed by atoms with Crippen molar-refractivity contribution in [1.82, 2.24) is 15.5 Å². The molecule has 0 aliphatic carbocycles. The second-order valence-corrected chi connectivity index (χ2v) is 5.79. The van der Waals surface area contributed by atoms with Gasteiger partial charge in [0.2, 0.25) is 0 Å². The molecule has 1 fully saturated rings. The molecule has 0 aromatic heterocycles. The first kappa shape index (κ1) is 15.8. The molecule has 1 aliphatic rings. The first-order chi connectivity index (χ1) is 8.82. The van der Waals surface area contributed by atoms with Gasteiger partial charge in [-0.25, -0.2) is 4.79 Å². The van der Waals surface area contributed by atoms with Gasteiger partial charge in [-0.2, -0.15) is 0 Å². The molecule has 1 heterocycles. The summed E-state index contributed by atoms with van der Waals surface area (Å²) in [5.74, 6) is -0.917. The fourth-order valence-corrected chi connectivity index (χ4v) is 2.41. The highest BCUT2D eigenvalue weighted by molar-refractivity contribution is 5.76. The normalized spacial score (nSPS) is 20.9. The minimum absolute atomic E-state index is 0.0911. The number of urea groups is 1. The van der Waals surface area contributed by atoms with Crippen LogP contribution in [0.25, 0.3) is 0 Å². The average molecular weight is 271 g/mol. The largest absolute Gasteiger partial charge is 0.481 e. The van der Waals surface area contributed by atoms with Gasteiger partial charge in [0.25, 0.3) is 0 Å². The van der Waals surface area contributed by atoms with E-state index >= 15 is 0 Å². The zero-order valence-corrected chi connectivity index (χ0v) is 12.0. The number of nitrogens with one attached hydrogen (secondary N) is 2. The number of aliphatic carboxylic acids is 1. The quantitative estimate of drug-likeness (QED) is 0.697. The number of hydrogen-bond acceptors (Lipinski definition) is 3. The van der Waals surface area contributed by atoms with E-state index in [1.165, 1.54) is 0 Å². The van der Waals surface area contributed by atoms with E-state index in [9.17, 15) is 9.59 Å². The van der Waals surface area contributed by atoms with E-state index in [1.54, 1.807) is 13.8 Å². The SMILES string of the molecule is CCN1CCCC(NC(=O)NC(C)(C)CC(=O)O)C1. The number of carboxylic acid groups (broad SMARTS) is 1. The van der Waals surface area contributed by atoms with Gasteiger partial charge in [0.1, 0.15) is 0 Å². The summed E-state index contributed by atoms with van der Waals surface area (Å²) in [6, 6.07) is -0.136. The van der Waals surface area contributed by atoms with Crippen molar-refractivity contribution in [2.24, 2.45) is 0 Å². The molecular formula is C13H25N3O3. The number of hydrogen-bond donors (Lipinski definition) is 3. The summed E-state index contributed by atoms with van der Waals surface area (Å²) in [6.07, 6.45) is 1.97. The Morgan fingerprint density at radius 1 is 1.42 bits per heavy atom. The molecule has 1 aliphatic heterocycles. The number of carbonyl (C=O) groups is 2. The third-order valence-electron chi connectivity index (χ3n) is 3.33. The first-order valence-corrected chi connectivity index (χ1v) is 6.85. The van der Waals surface area contributed by atoms with Crippen molar-refractivity contribution in [2.75, 3.05) is 19.6 Å². The Balaban J connectivity index is 2.40. The van der Waals surface area contributed by atoms with Gasteiger partial charge in [0, 0.05) is 18.1 Å². The number of piperidine rings is 1. The molecule has 6 heteroatoms. The maximum Gasteiger partial charge on any atom is 0.315 e. The monoisotopic (exact) mass is 271 g/mol. The van der Waals surface area contributed by atoms with Crippen molar-refractivity contribution in [3.8, 4) is 0 Å². The van der Waals surface area contributed by atoms with Crippen LogP contribution < -0.4 is 10.6 Å². The van der Waals surface area contributed by atoms with E-state index in [4.69, 9.17) is 5.11 Å². The van der Waals surface area contributed by atoms with Gasteiger partial charge >= 0.3 is 12.0 Å². The minimum Gasteiger partial charge on any atom is -0.481 e. The number of carbonyl (C=O) groups excluding carboxylic acids is 1. The Kier molecular flexibility index (Phi) is 5.60. The summed E-state index contributed by atoms with van der Waals surface area (Å²) in [5, 5.41) is 14.4. The number of likely N-dealkylation sites (N-methyl/N-ethyl adjacent to an activating group) is 1. The van der Waals surface area contributed by atoms with Crippen LogP contribution in [0.1, 0.15) is 40.0 Å². The van der Waals surface area contributed by atoms with Gasteiger partial charge in [-0.3, -0.25) is 4.79 Å². The van der Waals surface area contributed by atoms with Crippen molar-refractivity contribution < 1.29 is 14.7 Å². The molecule has 6 nitrogen and oxygen atoms in total. The second-order valence-electron chi connectivity index (χ2n) is 5.79. The van der Waals surface area contributed by atoms with Crippen LogP contribution in [0.3, 0.4) is 0 Å². The van der Waals surface area contributed by atoms with Crippen molar-refractivity contribution in [3.05, 3.63) is 0 Å². The summed E-state index contributed by atoms with van der Waals surface area (Å²) < 4.78 is 0. The molecule has 2 amide bonds. The van der Waals surface area contributed by atoms with E-state index in [0.29, 0.717) is 0 Å². The van der Waals surface area contributed by atoms with Crippen LogP contribution in [0, 0.1) is 0 Å². The van der Waals surface area contributed by atoms with Crippen molar-refractivity contribution in [1.29, 1.82) is 0 Å². The van der Waals surface area contributed by atoms with Crippen LogP contribution in [0.2, 0.25) is 0 Å². The lowest BCUT2D eigenvalue weighted by Gasteiger charge is -2.33. The molecule has 0 bridgehead atoms. The molecule has 0 aromatic rings. The van der Waals surface area contributed by atoms with Gasteiger partial charge in [-0.1, -0.05) is 6.92 Å². The van der Waals surface area contributed by atoms with E-state index in [-0.39, 0.29) is 18.5 Å². The van der Waals surface area contributed by atoms with Crippen LogP contribution in [0.5, 0.6) is 0 Å². The minimum atomic E-state index is -0.917. The lowest BCUT2D eigenvalue weighted by atomic mass is 10.0. The molecule has 3 N–H and O–H groups in total. The third-order valence-corrected chi connectivity index (χ3v) is 3.33. The van der Waals surface area contributed by atoms with E-state index in [1.807, 2.05) is 0 Å². The van der Waals surface area contributed by atoms with E-state index in [2.05, 4.69) is 22.5 Å². The zero-order chi connectivity index (χ0) is 14.5. The molecule has 0 radical (unpaired) electrons. The predicted molar refractivity (Wildman–Crippen MR) is 73.1 cm³/mol. The molecule has 1 unspecified atom stereocenters. The molecule has 1 atom stereocenters. The maximum atomic E-state index is 11.9. The zero-order valence-electron chi connectivity index (χ0n) is 12.0. The van der Waals surface area contributed by atoms with Gasteiger partial charge in [0.05, 0.1) is 6.42 Å². The summed E-state index contributed by atoms with van der Waals surface area (Å²) in [6.45, 7) is 8.46. The van der Waals surface area contributed by atoms with E-state index < -0.39 is 11.5 Å². The number of likely N-dealkylation sites (tertiary alicyclic amines) is 1. The number of carboxylic acids is 1. The third kappa shape index (κ3) is 5.92. The maximum absolute atomic E-state index is 11.9. The Labute approximate surface area is 114 Å². The number of nitrogens with zero attached hydrogens (tertiary/aromatic N) is 1. The first-order valence-electron chi connectivity index (χ1n) is 6.85. The summed E-state index contributed by atoms with van der Waals surface area (Å²) in [5.41, 5.74) is -0.741. The van der Waals surface area contributed by atoms with Gasteiger partial charge in [-0.05, 0) is 39.8 Å². The standard InChI is InChI=1S/C13H25N3O3/c1-4-16-7-5-6-10(9-16)14-12(19)15-13(2,3)8-11(17)18/h10H,4-9H2,1-3H3,(H,17,18)(H2,14,15,19). The molecule has 1 saturated heterocycles. The molecule has 1 rings (SSSR count). The fourth-order valence-electron chi connectivity index (χ4n) is 2.41. The molecular weight excluding hydrogens is 246 g/mol. The lowest BCUT2D eigenvalue weighted by molar-refractivity contribution is -0.138. The number of rotatable bonds is 5. The topological polar surface area (TPSA) is 81.7 Å². The fraction of sp³-hybridized carbons (Fsp3) is 0.846. The van der Waals surface area contributed by atoms with Crippen LogP contribution in [0.15, 0.2) is 0 Å². The lowest BCUT2D eigenvalue weighted by Crippen LogP contribution is -2.55. The highest BCUT2D eigenvalue weighted by Crippen LogP contribution is 2.11. The predicted octanol–water partition coefficient (Wildman–Crippen LogP) is 1.02. The van der Waals surface area contributed by atoms with Crippen LogP contribution in [-0.2, 0) is 4.79 Å². The molecule has 110 valence electrons. The van der Waals surface area contributed by atoms with Crippen molar-refractivity contribution >= 4 is 12.0 Å². The van der Waals surface area contributed by atoms with Crippen molar-refractivity contribution in [3.63, 3.8) is 0 Å². The summed E-state index contributed by atoms with van der Waals surface area (Å²) in [7, 11) is 0. The van der Waals surface area contributed by atoms with Gasteiger partial charge < -0.3 is 20.6 Å². The summed E-state index contributed by atoms with van der Waals surface area (Å²) >= 11 is 0. The highest BCUT2D eigenvalue weighted by atomic mass is 16.4. The molecule has 0 spiro atoms.